The smallest absolute Gasteiger partial charge is 0.253 e. The fraction of sp³-hybridized carbons (Fsp3) is 0.364. The van der Waals surface area contributed by atoms with Crippen LogP contribution in [0.15, 0.2) is 21.5 Å². The van der Waals surface area contributed by atoms with Gasteiger partial charge in [0.1, 0.15) is 4.90 Å². The molecule has 1 rings (SSSR count). The minimum absolute atomic E-state index is 0.0412. The van der Waals surface area contributed by atoms with Crippen LogP contribution in [0.4, 0.5) is 0 Å². The zero-order valence-electron chi connectivity index (χ0n) is 10.4. The molecule has 106 valence electrons. The third-order valence-electron chi connectivity index (χ3n) is 2.55. The maximum Gasteiger partial charge on any atom is 0.253 e. The van der Waals surface area contributed by atoms with E-state index in [2.05, 4.69) is 21.2 Å². The number of benzene rings is 1. The van der Waals surface area contributed by atoms with E-state index in [0.717, 1.165) is 6.42 Å². The Hall–Kier alpha value is -0.630. The Bertz CT molecular complexity index is 604. The molecular formula is C11H14BrClN2O3S. The van der Waals surface area contributed by atoms with Gasteiger partial charge in [0.2, 0.25) is 10.0 Å². The molecule has 0 aliphatic carbocycles. The maximum absolute atomic E-state index is 12.0. The highest BCUT2D eigenvalue weighted by Gasteiger charge is 2.21. The molecule has 0 fully saturated rings. The number of nitrogens with two attached hydrogens (primary N) is 1. The van der Waals surface area contributed by atoms with Crippen LogP contribution in [-0.2, 0) is 10.0 Å². The Morgan fingerprint density at radius 2 is 2.11 bits per heavy atom. The minimum Gasteiger partial charge on any atom is -0.350 e. The molecule has 0 saturated carbocycles. The van der Waals surface area contributed by atoms with Crippen molar-refractivity contribution in [3.05, 3.63) is 27.2 Å². The summed E-state index contributed by atoms with van der Waals surface area (Å²) < 4.78 is 23.2. The molecule has 5 nitrogen and oxygen atoms in total. The third kappa shape index (κ3) is 4.17. The average molecular weight is 370 g/mol. The van der Waals surface area contributed by atoms with Gasteiger partial charge in [0.25, 0.3) is 5.91 Å². The molecule has 0 bridgehead atoms. The van der Waals surface area contributed by atoms with Gasteiger partial charge in [-0.15, -0.1) is 0 Å². The van der Waals surface area contributed by atoms with Gasteiger partial charge in [0.15, 0.2) is 0 Å². The van der Waals surface area contributed by atoms with Crippen LogP contribution in [-0.4, -0.2) is 20.4 Å². The van der Waals surface area contributed by atoms with Crippen LogP contribution in [0.5, 0.6) is 0 Å². The number of nitrogens with one attached hydrogen (secondary N) is 1. The molecule has 1 unspecified atom stereocenters. The second kappa shape index (κ2) is 6.21. The number of halogens is 2. The molecule has 0 aliphatic rings. The molecule has 0 aromatic heterocycles. The highest BCUT2D eigenvalue weighted by molar-refractivity contribution is 9.10. The van der Waals surface area contributed by atoms with Crippen molar-refractivity contribution in [1.29, 1.82) is 0 Å². The van der Waals surface area contributed by atoms with E-state index in [0.29, 0.717) is 4.47 Å². The van der Waals surface area contributed by atoms with Gasteiger partial charge >= 0.3 is 0 Å². The predicted octanol–water partition coefficient (Wildman–Crippen LogP) is 2.28. The van der Waals surface area contributed by atoms with Gasteiger partial charge in [-0.2, -0.15) is 0 Å². The SMILES string of the molecule is CCC(C)NC(=O)c1cc(Br)cc(S(N)(=O)=O)c1Cl. The Labute approximate surface area is 125 Å². The lowest BCUT2D eigenvalue weighted by Crippen LogP contribution is -2.32. The number of sulfonamides is 1. The van der Waals surface area contributed by atoms with Crippen molar-refractivity contribution in [2.75, 3.05) is 0 Å². The fourth-order valence-corrected chi connectivity index (χ4v) is 3.12. The van der Waals surface area contributed by atoms with E-state index >= 15 is 0 Å². The summed E-state index contributed by atoms with van der Waals surface area (Å²) in [5, 5.41) is 7.60. The summed E-state index contributed by atoms with van der Waals surface area (Å²) in [6.07, 6.45) is 0.749. The van der Waals surface area contributed by atoms with Gasteiger partial charge in [-0.05, 0) is 25.5 Å². The largest absolute Gasteiger partial charge is 0.350 e. The van der Waals surface area contributed by atoms with Gasteiger partial charge in [-0.25, -0.2) is 13.6 Å². The lowest BCUT2D eigenvalue weighted by molar-refractivity contribution is 0.0939. The number of hydrogen-bond donors (Lipinski definition) is 2. The maximum atomic E-state index is 12.0. The van der Waals surface area contributed by atoms with E-state index < -0.39 is 15.9 Å². The Kier molecular flexibility index (Phi) is 5.37. The summed E-state index contributed by atoms with van der Waals surface area (Å²) >= 11 is 9.08. The molecule has 1 amide bonds. The van der Waals surface area contributed by atoms with Crippen molar-refractivity contribution in [3.63, 3.8) is 0 Å². The Morgan fingerprint density at radius 3 is 2.58 bits per heavy atom. The molecule has 1 aromatic carbocycles. The number of carbonyl (C=O) groups is 1. The number of hydrogen-bond acceptors (Lipinski definition) is 3. The van der Waals surface area contributed by atoms with Crippen molar-refractivity contribution in [2.45, 2.75) is 31.2 Å². The zero-order chi connectivity index (χ0) is 14.8. The summed E-state index contributed by atoms with van der Waals surface area (Å²) in [4.78, 5) is 11.7. The van der Waals surface area contributed by atoms with E-state index in [1.165, 1.54) is 12.1 Å². The first-order chi connectivity index (χ1) is 8.66. The first-order valence-electron chi connectivity index (χ1n) is 5.49. The summed E-state index contributed by atoms with van der Waals surface area (Å²) in [5.41, 5.74) is 0.0698. The quantitative estimate of drug-likeness (QED) is 0.853. The normalized spacial score (nSPS) is 13.1. The first-order valence-corrected chi connectivity index (χ1v) is 8.21. The minimum atomic E-state index is -3.99. The van der Waals surface area contributed by atoms with E-state index in [1.54, 1.807) is 0 Å². The second-order valence-corrected chi connectivity index (χ2v) is 6.92. The van der Waals surface area contributed by atoms with Crippen molar-refractivity contribution in [2.24, 2.45) is 5.14 Å². The van der Waals surface area contributed by atoms with Crippen LogP contribution < -0.4 is 10.5 Å². The summed E-state index contributed by atoms with van der Waals surface area (Å²) in [6.45, 7) is 3.76. The molecule has 0 heterocycles. The summed E-state index contributed by atoms with van der Waals surface area (Å²) in [6, 6.07) is 2.67. The molecule has 0 spiro atoms. The van der Waals surface area contributed by atoms with Crippen molar-refractivity contribution < 1.29 is 13.2 Å². The van der Waals surface area contributed by atoms with Crippen LogP contribution >= 0.6 is 27.5 Å². The van der Waals surface area contributed by atoms with E-state index in [9.17, 15) is 13.2 Å². The number of primary sulfonamides is 1. The van der Waals surface area contributed by atoms with E-state index in [4.69, 9.17) is 16.7 Å². The summed E-state index contributed by atoms with van der Waals surface area (Å²) in [7, 11) is -3.99. The molecule has 0 saturated heterocycles. The lowest BCUT2D eigenvalue weighted by atomic mass is 10.2. The Morgan fingerprint density at radius 1 is 1.53 bits per heavy atom. The topological polar surface area (TPSA) is 89.3 Å². The van der Waals surface area contributed by atoms with Gasteiger partial charge in [0.05, 0.1) is 10.6 Å². The molecule has 0 aliphatic heterocycles. The predicted molar refractivity (Wildman–Crippen MR) is 77.7 cm³/mol. The monoisotopic (exact) mass is 368 g/mol. The van der Waals surface area contributed by atoms with Gasteiger partial charge in [-0.3, -0.25) is 4.79 Å². The zero-order valence-corrected chi connectivity index (χ0v) is 13.6. The fourth-order valence-electron chi connectivity index (χ4n) is 1.34. The molecule has 3 N–H and O–H groups in total. The highest BCUT2D eigenvalue weighted by atomic mass is 79.9. The number of amides is 1. The molecule has 19 heavy (non-hydrogen) atoms. The standard InChI is InChI=1S/C11H14BrClN2O3S/c1-3-6(2)15-11(16)8-4-7(12)5-9(10(8)13)19(14,17)18/h4-6H,3H2,1-2H3,(H,15,16)(H2,14,17,18). The highest BCUT2D eigenvalue weighted by Crippen LogP contribution is 2.29. The number of carbonyl (C=O) groups excluding carboxylic acids is 1. The van der Waals surface area contributed by atoms with Crippen LogP contribution in [0.25, 0.3) is 0 Å². The van der Waals surface area contributed by atoms with Crippen LogP contribution in [0.1, 0.15) is 30.6 Å². The van der Waals surface area contributed by atoms with Crippen LogP contribution in [0.2, 0.25) is 5.02 Å². The first kappa shape index (κ1) is 16.4. The third-order valence-corrected chi connectivity index (χ3v) is 4.46. The average Bonchev–Trinajstić information content (AvgIpc) is 2.29. The molecule has 8 heteroatoms. The van der Waals surface area contributed by atoms with Gasteiger partial charge in [-0.1, -0.05) is 34.5 Å². The van der Waals surface area contributed by atoms with Crippen molar-refractivity contribution in [1.82, 2.24) is 5.32 Å². The molecule has 0 radical (unpaired) electrons. The Balaban J connectivity index is 3.30. The van der Waals surface area contributed by atoms with Gasteiger partial charge < -0.3 is 5.32 Å². The lowest BCUT2D eigenvalue weighted by Gasteiger charge is -2.14. The molecule has 1 aromatic rings. The number of rotatable bonds is 4. The molecule has 1 atom stereocenters. The van der Waals surface area contributed by atoms with E-state index in [1.807, 2.05) is 13.8 Å². The summed E-state index contributed by atoms with van der Waals surface area (Å²) in [5.74, 6) is -0.439. The van der Waals surface area contributed by atoms with Crippen molar-refractivity contribution >= 4 is 43.5 Å². The van der Waals surface area contributed by atoms with Crippen molar-refractivity contribution in [3.8, 4) is 0 Å². The second-order valence-electron chi connectivity index (χ2n) is 4.09. The van der Waals surface area contributed by atoms with Crippen LogP contribution in [0.3, 0.4) is 0 Å². The van der Waals surface area contributed by atoms with E-state index in [-0.39, 0.29) is 21.5 Å². The van der Waals surface area contributed by atoms with Crippen LogP contribution in [0, 0.1) is 0 Å². The molecular weight excluding hydrogens is 356 g/mol. The van der Waals surface area contributed by atoms with Gasteiger partial charge in [0, 0.05) is 10.5 Å².